The second kappa shape index (κ2) is 16.7. The molecule has 4 amide bonds. The normalized spacial score (nSPS) is 25.2. The molecule has 14 nitrogen and oxygen atoms in total. The minimum Gasteiger partial charge on any atom is -0.436 e. The minimum absolute atomic E-state index is 0.164. The van der Waals surface area contributed by atoms with Crippen molar-refractivity contribution in [3.63, 3.8) is 0 Å². The number of nitrogens with one attached hydrogen (secondary N) is 2. The van der Waals surface area contributed by atoms with Gasteiger partial charge in [0.25, 0.3) is 11.8 Å². The van der Waals surface area contributed by atoms with E-state index in [0.717, 1.165) is 18.4 Å². The number of likely N-dealkylation sites (tertiary alicyclic amines) is 2. The van der Waals surface area contributed by atoms with Gasteiger partial charge in [0.1, 0.15) is 24.3 Å². The number of oxazole rings is 1. The average Bonchev–Trinajstić information content (AvgIpc) is 4.01. The van der Waals surface area contributed by atoms with Crippen molar-refractivity contribution in [2.45, 2.75) is 128 Å². The first-order chi connectivity index (χ1) is 27.1. The smallest absolute Gasteiger partial charge is 0.252 e. The van der Waals surface area contributed by atoms with Crippen LogP contribution in [0.5, 0.6) is 0 Å². The van der Waals surface area contributed by atoms with E-state index in [1.807, 2.05) is 65.8 Å². The molecular weight excluding hydrogens is 730 g/mol. The number of carbonyl (C=O) groups is 4. The van der Waals surface area contributed by atoms with Gasteiger partial charge in [-0.3, -0.25) is 19.2 Å². The molecule has 306 valence electrons. The van der Waals surface area contributed by atoms with Gasteiger partial charge in [0.2, 0.25) is 17.7 Å². The summed E-state index contributed by atoms with van der Waals surface area (Å²) in [6.07, 6.45) is 3.81. The van der Waals surface area contributed by atoms with E-state index in [-0.39, 0.29) is 35.8 Å². The van der Waals surface area contributed by atoms with Crippen LogP contribution in [0.4, 0.5) is 11.4 Å². The van der Waals surface area contributed by atoms with Crippen molar-refractivity contribution < 1.29 is 42.5 Å². The van der Waals surface area contributed by atoms with Gasteiger partial charge in [-0.15, -0.1) is 0 Å². The Morgan fingerprint density at radius 2 is 1.11 bits per heavy atom. The van der Waals surface area contributed by atoms with Crippen molar-refractivity contribution in [1.29, 1.82) is 0 Å². The quantitative estimate of drug-likeness (QED) is 0.257. The molecule has 14 heteroatoms. The molecule has 5 heterocycles. The number of hydrogen-bond donors (Lipinski definition) is 2. The monoisotopic (exact) mass is 785 g/mol. The maximum Gasteiger partial charge on any atom is 0.252 e. The summed E-state index contributed by atoms with van der Waals surface area (Å²) in [6.45, 7) is 13.6. The molecule has 1 aromatic heterocycles. The zero-order valence-corrected chi connectivity index (χ0v) is 33.7. The van der Waals surface area contributed by atoms with E-state index in [4.69, 9.17) is 23.4 Å². The van der Waals surface area contributed by atoms with E-state index in [0.29, 0.717) is 80.6 Å². The summed E-state index contributed by atoms with van der Waals surface area (Å²) in [7, 11) is 0. The lowest BCUT2D eigenvalue weighted by atomic mass is 10.1. The number of anilines is 2. The SMILES string of the molecule is CC(C)(C)O[C@@H]1CC(C(=O)Nc2ccc(-c3cnc(-c4ccc(NC(=O)[C@@H]5C[C@@H](OC(C)(C)C)CN5C(=O)[C@H]5CCCO5)cc4)o3)cc2)N(C(=O)[C@H]2CCCO2)C1. The number of aromatic nitrogens is 1. The van der Waals surface area contributed by atoms with Crippen LogP contribution in [0.3, 0.4) is 0 Å². The van der Waals surface area contributed by atoms with Crippen molar-refractivity contribution in [1.82, 2.24) is 14.8 Å². The number of carbonyl (C=O) groups excluding carboxylic acids is 4. The highest BCUT2D eigenvalue weighted by Gasteiger charge is 2.45. The number of hydrogen-bond acceptors (Lipinski definition) is 10. The highest BCUT2D eigenvalue weighted by Crippen LogP contribution is 2.32. The standard InChI is InChI=1S/C43H55N5O9/c1-42(2,3)56-30-21-32(47(24-30)40(51)34-9-7-19-53-34)37(49)45-28-15-11-26(12-16-28)36-23-44-39(55-36)27-13-17-29(18-14-27)46-38(50)33-22-31(57-43(4,5)6)25-48(33)41(52)35-10-8-20-54-35/h11-18,23,30-35H,7-10,19-22,24-25H2,1-6H3,(H,45,49)(H,46,50)/t30-,31-,32?,33+,34-,35-/m1/s1. The third-order valence-corrected chi connectivity index (χ3v) is 10.5. The lowest BCUT2D eigenvalue weighted by Crippen LogP contribution is -2.47. The molecule has 6 atom stereocenters. The van der Waals surface area contributed by atoms with Gasteiger partial charge in [0, 0.05) is 61.6 Å². The summed E-state index contributed by atoms with van der Waals surface area (Å²) >= 11 is 0. The first-order valence-electron chi connectivity index (χ1n) is 20.1. The molecule has 1 unspecified atom stereocenters. The molecule has 0 spiro atoms. The fraction of sp³-hybridized carbons (Fsp3) is 0.558. The van der Waals surface area contributed by atoms with Crippen molar-refractivity contribution in [2.75, 3.05) is 36.9 Å². The van der Waals surface area contributed by atoms with Crippen LogP contribution in [0.1, 0.15) is 80.1 Å². The van der Waals surface area contributed by atoms with Gasteiger partial charge >= 0.3 is 0 Å². The van der Waals surface area contributed by atoms with Crippen LogP contribution in [0.25, 0.3) is 22.8 Å². The molecule has 57 heavy (non-hydrogen) atoms. The van der Waals surface area contributed by atoms with Crippen LogP contribution in [-0.2, 0) is 38.1 Å². The average molecular weight is 786 g/mol. The van der Waals surface area contributed by atoms with E-state index in [1.165, 1.54) is 0 Å². The maximum atomic E-state index is 13.6. The summed E-state index contributed by atoms with van der Waals surface area (Å²) in [5.41, 5.74) is 1.81. The number of benzene rings is 2. The topological polar surface area (TPSA) is 162 Å². The number of nitrogens with zero attached hydrogens (tertiary/aromatic N) is 3. The number of amides is 4. The van der Waals surface area contributed by atoms with Gasteiger partial charge in [-0.1, -0.05) is 0 Å². The van der Waals surface area contributed by atoms with Crippen LogP contribution in [0.15, 0.2) is 59.1 Å². The molecule has 4 aliphatic rings. The molecule has 0 saturated carbocycles. The molecular formula is C43H55N5O9. The van der Waals surface area contributed by atoms with Gasteiger partial charge in [-0.25, -0.2) is 4.98 Å². The Balaban J connectivity index is 0.965. The van der Waals surface area contributed by atoms with Crippen LogP contribution in [-0.4, -0.2) is 112 Å². The Kier molecular flexibility index (Phi) is 11.9. The zero-order chi connectivity index (χ0) is 40.5. The number of rotatable bonds is 10. The lowest BCUT2D eigenvalue weighted by Gasteiger charge is -2.26. The molecule has 0 radical (unpaired) electrons. The van der Waals surface area contributed by atoms with E-state index in [2.05, 4.69) is 15.6 Å². The minimum atomic E-state index is -0.679. The largest absolute Gasteiger partial charge is 0.436 e. The van der Waals surface area contributed by atoms with Crippen LogP contribution < -0.4 is 10.6 Å². The summed E-state index contributed by atoms with van der Waals surface area (Å²) < 4.78 is 29.8. The van der Waals surface area contributed by atoms with Crippen LogP contribution in [0, 0.1) is 0 Å². The first kappa shape index (κ1) is 40.6. The maximum absolute atomic E-state index is 13.6. The second-order valence-corrected chi connectivity index (χ2v) is 17.4. The highest BCUT2D eigenvalue weighted by molar-refractivity contribution is 5.99. The molecule has 0 aliphatic carbocycles. The van der Waals surface area contributed by atoms with Crippen LogP contribution in [0.2, 0.25) is 0 Å². The van der Waals surface area contributed by atoms with Crippen molar-refractivity contribution in [2.24, 2.45) is 0 Å². The summed E-state index contributed by atoms with van der Waals surface area (Å²) in [6, 6.07) is 13.1. The molecule has 4 aliphatic heterocycles. The molecule has 4 fully saturated rings. The van der Waals surface area contributed by atoms with Gasteiger partial charge in [-0.2, -0.15) is 0 Å². The van der Waals surface area contributed by atoms with E-state index in [9.17, 15) is 19.2 Å². The Morgan fingerprint density at radius 3 is 1.51 bits per heavy atom. The molecule has 0 bridgehead atoms. The Hall–Kier alpha value is -4.63. The molecule has 2 aromatic carbocycles. The van der Waals surface area contributed by atoms with Gasteiger partial charge in [0.15, 0.2) is 5.76 Å². The molecule has 2 N–H and O–H groups in total. The predicted molar refractivity (Wildman–Crippen MR) is 212 cm³/mol. The Morgan fingerprint density at radius 1 is 0.667 bits per heavy atom. The van der Waals surface area contributed by atoms with E-state index in [1.54, 1.807) is 40.3 Å². The zero-order valence-electron chi connectivity index (χ0n) is 33.7. The third kappa shape index (κ3) is 9.92. The molecule has 7 rings (SSSR count). The summed E-state index contributed by atoms with van der Waals surface area (Å²) in [4.78, 5) is 61.6. The van der Waals surface area contributed by atoms with Crippen LogP contribution >= 0.6 is 0 Å². The summed E-state index contributed by atoms with van der Waals surface area (Å²) in [5, 5.41) is 5.96. The van der Waals surface area contributed by atoms with E-state index < -0.39 is 35.5 Å². The molecule has 3 aromatic rings. The van der Waals surface area contributed by atoms with Gasteiger partial charge in [-0.05, 0) is 116 Å². The van der Waals surface area contributed by atoms with Crippen molar-refractivity contribution in [3.05, 3.63) is 54.7 Å². The fourth-order valence-electron chi connectivity index (χ4n) is 8.07. The Bertz CT molecular complexity index is 1770. The van der Waals surface area contributed by atoms with E-state index >= 15 is 0 Å². The number of ether oxygens (including phenoxy) is 4. The molecule has 4 saturated heterocycles. The third-order valence-electron chi connectivity index (χ3n) is 10.5. The highest BCUT2D eigenvalue weighted by atomic mass is 16.5. The van der Waals surface area contributed by atoms with Crippen molar-refractivity contribution in [3.8, 4) is 22.8 Å². The second-order valence-electron chi connectivity index (χ2n) is 17.4. The van der Waals surface area contributed by atoms with Gasteiger partial charge < -0.3 is 43.8 Å². The first-order valence-corrected chi connectivity index (χ1v) is 20.1. The van der Waals surface area contributed by atoms with Crippen molar-refractivity contribution >= 4 is 35.0 Å². The lowest BCUT2D eigenvalue weighted by molar-refractivity contribution is -0.145. The predicted octanol–water partition coefficient (Wildman–Crippen LogP) is 5.81. The Labute approximate surface area is 333 Å². The fourth-order valence-corrected chi connectivity index (χ4v) is 8.07. The van der Waals surface area contributed by atoms with Gasteiger partial charge in [0.05, 0.1) is 29.6 Å². The summed E-state index contributed by atoms with van der Waals surface area (Å²) in [5.74, 6) is 0.0521.